The van der Waals surface area contributed by atoms with Crippen molar-refractivity contribution in [1.82, 2.24) is 4.98 Å². The summed E-state index contributed by atoms with van der Waals surface area (Å²) in [6.45, 7) is 4.00. The first-order valence-electron chi connectivity index (χ1n) is 6.02. The molecule has 1 heterocycles. The summed E-state index contributed by atoms with van der Waals surface area (Å²) in [5.41, 5.74) is 6.83. The van der Waals surface area contributed by atoms with Gasteiger partial charge in [0.15, 0.2) is 5.15 Å². The number of phenolic OH excluding ortho intramolecular Hbond substituents is 1. The predicted octanol–water partition coefficient (Wildman–Crippen LogP) is 3.66. The number of halogens is 1. The summed E-state index contributed by atoms with van der Waals surface area (Å²) in [7, 11) is 0. The van der Waals surface area contributed by atoms with Gasteiger partial charge in [-0.25, -0.2) is 4.98 Å². The van der Waals surface area contributed by atoms with Gasteiger partial charge in [-0.1, -0.05) is 25.4 Å². The zero-order valence-electron chi connectivity index (χ0n) is 11.2. The maximum atomic E-state index is 9.16. The summed E-state index contributed by atoms with van der Waals surface area (Å²) in [6.07, 6.45) is 0. The Morgan fingerprint density at radius 3 is 2.40 bits per heavy atom. The summed E-state index contributed by atoms with van der Waals surface area (Å²) in [6, 6.07) is 9.84. The second kappa shape index (κ2) is 7.22. The minimum Gasteiger partial charge on any atom is -0.508 e. The highest BCUT2D eigenvalue weighted by Gasteiger charge is 2.08. The molecule has 0 fully saturated rings. The molecule has 0 radical (unpaired) electrons. The van der Waals surface area contributed by atoms with Gasteiger partial charge in [-0.2, -0.15) is 5.26 Å². The Hall–Kier alpha value is -2.45. The molecular weight excluding hydrogens is 276 g/mol. The number of pyridine rings is 1. The number of nitrogens with two attached hydrogens (primary N) is 1. The van der Waals surface area contributed by atoms with Crippen LogP contribution in [-0.2, 0) is 0 Å². The van der Waals surface area contributed by atoms with Crippen molar-refractivity contribution >= 4 is 28.8 Å². The second-order valence-corrected chi connectivity index (χ2v) is 3.90. The monoisotopic (exact) mass is 290 g/mol. The van der Waals surface area contributed by atoms with E-state index in [0.29, 0.717) is 5.82 Å². The zero-order chi connectivity index (χ0) is 15.1. The van der Waals surface area contributed by atoms with Crippen LogP contribution in [0.4, 0.5) is 17.2 Å². The van der Waals surface area contributed by atoms with Crippen molar-refractivity contribution < 1.29 is 5.11 Å². The van der Waals surface area contributed by atoms with Crippen LogP contribution in [0.2, 0.25) is 5.15 Å². The van der Waals surface area contributed by atoms with Gasteiger partial charge < -0.3 is 16.2 Å². The Morgan fingerprint density at radius 2 is 1.90 bits per heavy atom. The molecule has 0 unspecified atom stereocenters. The number of phenols is 1. The fourth-order valence-corrected chi connectivity index (χ4v) is 1.64. The largest absolute Gasteiger partial charge is 0.508 e. The van der Waals surface area contributed by atoms with Crippen molar-refractivity contribution in [1.29, 1.82) is 5.26 Å². The third-order valence-electron chi connectivity index (χ3n) is 2.26. The first-order chi connectivity index (χ1) is 9.60. The highest BCUT2D eigenvalue weighted by Crippen LogP contribution is 2.25. The number of benzene rings is 1. The van der Waals surface area contributed by atoms with Crippen molar-refractivity contribution in [3.8, 4) is 11.8 Å². The van der Waals surface area contributed by atoms with E-state index in [2.05, 4.69) is 10.3 Å². The molecule has 0 saturated heterocycles. The van der Waals surface area contributed by atoms with Crippen LogP contribution in [0.15, 0.2) is 30.3 Å². The van der Waals surface area contributed by atoms with Crippen LogP contribution in [0.25, 0.3) is 0 Å². The van der Waals surface area contributed by atoms with Gasteiger partial charge in [0, 0.05) is 11.8 Å². The molecule has 0 amide bonds. The smallest absolute Gasteiger partial charge is 0.151 e. The van der Waals surface area contributed by atoms with Gasteiger partial charge in [-0.15, -0.1) is 0 Å². The molecule has 5 nitrogen and oxygen atoms in total. The van der Waals surface area contributed by atoms with E-state index in [9.17, 15) is 0 Å². The van der Waals surface area contributed by atoms with E-state index in [1.165, 1.54) is 18.2 Å². The van der Waals surface area contributed by atoms with Crippen molar-refractivity contribution in [3.05, 3.63) is 41.0 Å². The molecule has 0 bridgehead atoms. The SMILES string of the molecule is CC.N#Cc1c(N)cc(Nc2ccc(O)cc2)nc1Cl. The fourth-order valence-electron chi connectivity index (χ4n) is 1.40. The van der Waals surface area contributed by atoms with Crippen molar-refractivity contribution in [3.63, 3.8) is 0 Å². The summed E-state index contributed by atoms with van der Waals surface area (Å²) >= 11 is 5.83. The molecule has 4 N–H and O–H groups in total. The number of hydrogen-bond donors (Lipinski definition) is 3. The Kier molecular flexibility index (Phi) is 5.63. The van der Waals surface area contributed by atoms with Gasteiger partial charge in [0.1, 0.15) is 23.2 Å². The fraction of sp³-hybridized carbons (Fsp3) is 0.143. The maximum absolute atomic E-state index is 9.16. The molecule has 0 atom stereocenters. The Balaban J connectivity index is 0.000000956. The molecule has 20 heavy (non-hydrogen) atoms. The molecule has 6 heteroatoms. The lowest BCUT2D eigenvalue weighted by Gasteiger charge is -2.08. The number of nitriles is 1. The molecule has 104 valence electrons. The zero-order valence-corrected chi connectivity index (χ0v) is 11.9. The number of nitrogens with one attached hydrogen (secondary N) is 1. The minimum absolute atomic E-state index is 0.0544. The number of rotatable bonds is 2. The standard InChI is InChI=1S/C12H9ClN4O.C2H6/c13-12-9(6-14)10(15)5-11(17-12)16-7-1-3-8(18)4-2-7;1-2/h1-5,18H,(H3,15,16,17);1-2H3. The normalized spacial score (nSPS) is 9.10. The Bertz CT molecular complexity index is 597. The Labute approximate surface area is 122 Å². The molecule has 0 spiro atoms. The highest BCUT2D eigenvalue weighted by atomic mass is 35.5. The maximum Gasteiger partial charge on any atom is 0.151 e. The minimum atomic E-state index is 0.0544. The van der Waals surface area contributed by atoms with Gasteiger partial charge in [0.2, 0.25) is 0 Å². The summed E-state index contributed by atoms with van der Waals surface area (Å²) < 4.78 is 0. The molecular formula is C14H15ClN4O. The number of aromatic hydroxyl groups is 1. The number of nitrogens with zero attached hydrogens (tertiary/aromatic N) is 2. The molecule has 0 aliphatic heterocycles. The van der Waals surface area contributed by atoms with Gasteiger partial charge in [-0.05, 0) is 24.3 Å². The first kappa shape index (κ1) is 15.6. The van der Waals surface area contributed by atoms with Crippen LogP contribution in [-0.4, -0.2) is 10.1 Å². The van der Waals surface area contributed by atoms with Crippen LogP contribution >= 0.6 is 11.6 Å². The van der Waals surface area contributed by atoms with Gasteiger partial charge in [0.25, 0.3) is 0 Å². The number of nitrogen functional groups attached to an aromatic ring is 1. The van der Waals surface area contributed by atoms with Crippen molar-refractivity contribution in [2.45, 2.75) is 13.8 Å². The van der Waals surface area contributed by atoms with Gasteiger partial charge >= 0.3 is 0 Å². The van der Waals surface area contributed by atoms with E-state index in [0.717, 1.165) is 5.69 Å². The van der Waals surface area contributed by atoms with Crippen molar-refractivity contribution in [2.24, 2.45) is 0 Å². The topological polar surface area (TPSA) is 95.0 Å². The lowest BCUT2D eigenvalue weighted by Crippen LogP contribution is -1.99. The highest BCUT2D eigenvalue weighted by molar-refractivity contribution is 6.31. The average Bonchev–Trinajstić information content (AvgIpc) is 2.43. The third-order valence-corrected chi connectivity index (χ3v) is 2.53. The predicted molar refractivity (Wildman–Crippen MR) is 81.1 cm³/mol. The molecule has 2 rings (SSSR count). The third kappa shape index (κ3) is 3.77. The first-order valence-corrected chi connectivity index (χ1v) is 6.40. The molecule has 1 aromatic carbocycles. The van der Waals surface area contributed by atoms with Gasteiger partial charge in [0.05, 0.1) is 5.69 Å². The van der Waals surface area contributed by atoms with E-state index < -0.39 is 0 Å². The van der Waals surface area contributed by atoms with Crippen LogP contribution in [0.3, 0.4) is 0 Å². The van der Waals surface area contributed by atoms with Gasteiger partial charge in [-0.3, -0.25) is 0 Å². The molecule has 0 aliphatic rings. The van der Waals surface area contributed by atoms with E-state index in [-0.39, 0.29) is 22.2 Å². The van der Waals surface area contributed by atoms with E-state index in [4.69, 9.17) is 27.7 Å². The summed E-state index contributed by atoms with van der Waals surface area (Å²) in [5, 5.41) is 21.0. The quantitative estimate of drug-likeness (QED) is 0.579. The number of aromatic nitrogens is 1. The number of hydrogen-bond acceptors (Lipinski definition) is 5. The van der Waals surface area contributed by atoms with Crippen LogP contribution < -0.4 is 11.1 Å². The van der Waals surface area contributed by atoms with Crippen LogP contribution in [0.1, 0.15) is 19.4 Å². The molecule has 0 aliphatic carbocycles. The molecule has 0 saturated carbocycles. The second-order valence-electron chi connectivity index (χ2n) is 3.55. The van der Waals surface area contributed by atoms with E-state index in [1.54, 1.807) is 12.1 Å². The number of anilines is 3. The molecule has 2 aromatic rings. The van der Waals surface area contributed by atoms with Crippen LogP contribution in [0.5, 0.6) is 5.75 Å². The Morgan fingerprint density at radius 1 is 1.30 bits per heavy atom. The summed E-state index contributed by atoms with van der Waals surface area (Å²) in [5.74, 6) is 0.605. The lowest BCUT2D eigenvalue weighted by atomic mass is 10.2. The molecule has 1 aromatic heterocycles. The lowest BCUT2D eigenvalue weighted by molar-refractivity contribution is 0.475. The van der Waals surface area contributed by atoms with Crippen molar-refractivity contribution in [2.75, 3.05) is 11.1 Å². The van der Waals surface area contributed by atoms with Crippen LogP contribution in [0, 0.1) is 11.3 Å². The summed E-state index contributed by atoms with van der Waals surface area (Å²) in [4.78, 5) is 4.01. The van der Waals surface area contributed by atoms with E-state index in [1.807, 2.05) is 19.9 Å². The van der Waals surface area contributed by atoms with E-state index >= 15 is 0 Å². The average molecular weight is 291 g/mol.